The van der Waals surface area contributed by atoms with Crippen molar-refractivity contribution in [2.75, 3.05) is 13.2 Å². The molecule has 23 heavy (non-hydrogen) atoms. The summed E-state index contributed by atoms with van der Waals surface area (Å²) < 4.78 is 46.7. The zero-order chi connectivity index (χ0) is 16.9. The minimum Gasteiger partial charge on any atom is -0.375 e. The molecule has 0 aliphatic carbocycles. The van der Waals surface area contributed by atoms with Crippen LogP contribution in [0.3, 0.4) is 0 Å². The van der Waals surface area contributed by atoms with Crippen LogP contribution in [0, 0.1) is 0 Å². The maximum Gasteiger partial charge on any atom is 0.417 e. The second-order valence-electron chi connectivity index (χ2n) is 4.89. The third-order valence-electron chi connectivity index (χ3n) is 3.08. The molecule has 0 amide bonds. The van der Waals surface area contributed by atoms with Crippen molar-refractivity contribution in [2.45, 2.75) is 19.5 Å². The third kappa shape index (κ3) is 4.84. The van der Waals surface area contributed by atoms with E-state index in [4.69, 9.17) is 16.3 Å². The molecule has 0 spiro atoms. The van der Waals surface area contributed by atoms with E-state index in [1.807, 2.05) is 6.92 Å². The van der Waals surface area contributed by atoms with Gasteiger partial charge >= 0.3 is 6.18 Å². The number of hydrogen-bond acceptors (Lipinski definition) is 2. The Morgan fingerprint density at radius 3 is 2.78 bits per heavy atom. The molecule has 0 saturated carbocycles. The number of nitrogens with zero attached hydrogens (tertiary/aromatic N) is 2. The Morgan fingerprint density at radius 2 is 2.17 bits per heavy atom. The van der Waals surface area contributed by atoms with Gasteiger partial charge < -0.3 is 9.30 Å². The number of halogens is 4. The standard InChI is InChI=1S/C16H16ClF3N2O/c1-2-7-23-10-14(22-6-5-21-11-22)8-12-3-4-13(17)9-15(12)16(18,19)20/h3-6,8-9,11H,2,7,10H2,1H3/b14-8+. The van der Waals surface area contributed by atoms with Crippen molar-refractivity contribution in [1.82, 2.24) is 9.55 Å². The first-order valence-electron chi connectivity index (χ1n) is 7.05. The number of ether oxygens (including phenoxy) is 1. The van der Waals surface area contributed by atoms with E-state index in [9.17, 15) is 13.2 Å². The smallest absolute Gasteiger partial charge is 0.375 e. The molecule has 0 atom stereocenters. The lowest BCUT2D eigenvalue weighted by atomic mass is 10.1. The van der Waals surface area contributed by atoms with E-state index in [-0.39, 0.29) is 17.2 Å². The van der Waals surface area contributed by atoms with Crippen LogP contribution < -0.4 is 0 Å². The number of hydrogen-bond donors (Lipinski definition) is 0. The van der Waals surface area contributed by atoms with E-state index in [1.54, 1.807) is 17.0 Å². The number of alkyl halides is 3. The molecule has 0 N–H and O–H groups in total. The monoisotopic (exact) mass is 344 g/mol. The molecule has 0 unspecified atom stereocenters. The van der Waals surface area contributed by atoms with Gasteiger partial charge in [0.2, 0.25) is 0 Å². The highest BCUT2D eigenvalue weighted by molar-refractivity contribution is 6.30. The Balaban J connectivity index is 2.42. The Labute approximate surface area is 137 Å². The molecule has 3 nitrogen and oxygen atoms in total. The molecule has 7 heteroatoms. The van der Waals surface area contributed by atoms with Crippen LogP contribution >= 0.6 is 11.6 Å². The van der Waals surface area contributed by atoms with Gasteiger partial charge in [0.25, 0.3) is 0 Å². The summed E-state index contributed by atoms with van der Waals surface area (Å²) in [5.74, 6) is 0. The summed E-state index contributed by atoms with van der Waals surface area (Å²) in [5.41, 5.74) is -0.187. The Morgan fingerprint density at radius 1 is 1.39 bits per heavy atom. The second-order valence-corrected chi connectivity index (χ2v) is 5.32. The molecule has 2 rings (SSSR count). The Kier molecular flexibility index (Phi) is 5.85. The van der Waals surface area contributed by atoms with Gasteiger partial charge in [0.05, 0.1) is 18.5 Å². The molecule has 1 aromatic carbocycles. The molecule has 0 saturated heterocycles. The molecular weight excluding hydrogens is 329 g/mol. The predicted octanol–water partition coefficient (Wildman–Crippen LogP) is 4.98. The zero-order valence-corrected chi connectivity index (χ0v) is 13.2. The Hall–Kier alpha value is -1.79. The molecule has 2 aromatic rings. The number of benzene rings is 1. The molecule has 1 aromatic heterocycles. The molecular formula is C16H16ClF3N2O. The average molecular weight is 345 g/mol. The highest BCUT2D eigenvalue weighted by Crippen LogP contribution is 2.35. The van der Waals surface area contributed by atoms with Crippen molar-refractivity contribution in [3.8, 4) is 0 Å². The van der Waals surface area contributed by atoms with Gasteiger partial charge in [-0.1, -0.05) is 24.6 Å². The van der Waals surface area contributed by atoms with E-state index in [0.717, 1.165) is 12.5 Å². The van der Waals surface area contributed by atoms with Crippen LogP contribution in [0.2, 0.25) is 5.02 Å². The fourth-order valence-electron chi connectivity index (χ4n) is 2.02. The van der Waals surface area contributed by atoms with E-state index >= 15 is 0 Å². The van der Waals surface area contributed by atoms with Gasteiger partial charge in [-0.25, -0.2) is 4.98 Å². The van der Waals surface area contributed by atoms with Crippen LogP contribution in [0.1, 0.15) is 24.5 Å². The first kappa shape index (κ1) is 17.6. The van der Waals surface area contributed by atoms with Crippen molar-refractivity contribution in [2.24, 2.45) is 0 Å². The van der Waals surface area contributed by atoms with Gasteiger partial charge in [0.15, 0.2) is 0 Å². The zero-order valence-electron chi connectivity index (χ0n) is 12.5. The fraction of sp³-hybridized carbons (Fsp3) is 0.312. The highest BCUT2D eigenvalue weighted by Gasteiger charge is 2.33. The van der Waals surface area contributed by atoms with Crippen LogP contribution in [0.15, 0.2) is 36.9 Å². The molecule has 0 fully saturated rings. The molecule has 124 valence electrons. The lowest BCUT2D eigenvalue weighted by Gasteiger charge is -2.14. The summed E-state index contributed by atoms with van der Waals surface area (Å²) in [4.78, 5) is 3.92. The second kappa shape index (κ2) is 7.66. The summed E-state index contributed by atoms with van der Waals surface area (Å²) in [5, 5.41) is 0.0425. The number of rotatable bonds is 6. The van der Waals surface area contributed by atoms with Gasteiger partial charge in [-0.3, -0.25) is 0 Å². The highest BCUT2D eigenvalue weighted by atomic mass is 35.5. The molecule has 0 radical (unpaired) electrons. The predicted molar refractivity (Wildman–Crippen MR) is 84.0 cm³/mol. The van der Waals surface area contributed by atoms with Crippen LogP contribution in [-0.4, -0.2) is 22.8 Å². The molecule has 1 heterocycles. The summed E-state index contributed by atoms with van der Waals surface area (Å²) in [6.45, 7) is 2.67. The Bertz CT molecular complexity index is 666. The van der Waals surface area contributed by atoms with E-state index < -0.39 is 11.7 Å². The van der Waals surface area contributed by atoms with Crippen molar-refractivity contribution < 1.29 is 17.9 Å². The topological polar surface area (TPSA) is 27.1 Å². The molecule has 0 aliphatic rings. The van der Waals surface area contributed by atoms with Gasteiger partial charge in [0, 0.05) is 29.7 Å². The minimum atomic E-state index is -4.49. The summed E-state index contributed by atoms with van der Waals surface area (Å²) in [6, 6.07) is 3.70. The SMILES string of the molecule is CCCOC/C(=C\c1ccc(Cl)cc1C(F)(F)F)n1ccnc1. The van der Waals surface area contributed by atoms with Gasteiger partial charge in [-0.05, 0) is 30.2 Å². The molecule has 0 aliphatic heterocycles. The minimum absolute atomic E-state index is 0.0331. The van der Waals surface area contributed by atoms with Crippen LogP contribution in [-0.2, 0) is 10.9 Å². The van der Waals surface area contributed by atoms with Crippen LogP contribution in [0.4, 0.5) is 13.2 Å². The largest absolute Gasteiger partial charge is 0.417 e. The number of imidazole rings is 1. The van der Waals surface area contributed by atoms with Crippen molar-refractivity contribution in [1.29, 1.82) is 0 Å². The van der Waals surface area contributed by atoms with Crippen molar-refractivity contribution >= 4 is 23.4 Å². The lowest BCUT2D eigenvalue weighted by molar-refractivity contribution is -0.137. The van der Waals surface area contributed by atoms with Crippen LogP contribution in [0.5, 0.6) is 0 Å². The molecule has 0 bridgehead atoms. The number of aromatic nitrogens is 2. The van der Waals surface area contributed by atoms with Crippen molar-refractivity contribution in [3.05, 3.63) is 53.1 Å². The van der Waals surface area contributed by atoms with Gasteiger partial charge in [-0.15, -0.1) is 0 Å². The lowest BCUT2D eigenvalue weighted by Crippen LogP contribution is -2.09. The van der Waals surface area contributed by atoms with E-state index in [0.29, 0.717) is 12.3 Å². The van der Waals surface area contributed by atoms with E-state index in [1.165, 1.54) is 24.5 Å². The summed E-state index contributed by atoms with van der Waals surface area (Å²) in [7, 11) is 0. The first-order chi connectivity index (χ1) is 10.9. The summed E-state index contributed by atoms with van der Waals surface area (Å²) in [6.07, 6.45) is 2.51. The summed E-state index contributed by atoms with van der Waals surface area (Å²) >= 11 is 5.70. The quantitative estimate of drug-likeness (QED) is 0.691. The van der Waals surface area contributed by atoms with E-state index in [2.05, 4.69) is 4.98 Å². The maximum absolute atomic E-state index is 13.2. The third-order valence-corrected chi connectivity index (χ3v) is 3.31. The normalized spacial score (nSPS) is 12.7. The first-order valence-corrected chi connectivity index (χ1v) is 7.43. The van der Waals surface area contributed by atoms with Crippen LogP contribution in [0.25, 0.3) is 11.8 Å². The van der Waals surface area contributed by atoms with Crippen molar-refractivity contribution in [3.63, 3.8) is 0 Å². The van der Waals surface area contributed by atoms with Gasteiger partial charge in [0.1, 0.15) is 0 Å². The average Bonchev–Trinajstić information content (AvgIpc) is 3.01. The fourth-order valence-corrected chi connectivity index (χ4v) is 2.19. The maximum atomic E-state index is 13.2. The van der Waals surface area contributed by atoms with Gasteiger partial charge in [-0.2, -0.15) is 13.2 Å².